The van der Waals surface area contributed by atoms with Crippen LogP contribution in [0.25, 0.3) is 21.8 Å². The number of nitrogens with one attached hydrogen (secondary N) is 1. The third-order valence-corrected chi connectivity index (χ3v) is 5.20. The Morgan fingerprint density at radius 1 is 1.06 bits per heavy atom. The maximum absolute atomic E-state index is 13.5. The number of alkyl halides is 3. The number of nitrogens with zero attached hydrogens (tertiary/aromatic N) is 2. The van der Waals surface area contributed by atoms with Gasteiger partial charge in [-0.15, -0.1) is 0 Å². The maximum Gasteiger partial charge on any atom is 0.416 e. The lowest BCUT2D eigenvalue weighted by Crippen LogP contribution is -2.11. The van der Waals surface area contributed by atoms with E-state index in [4.69, 9.17) is 0 Å². The molecule has 7 nitrogen and oxygen atoms in total. The Balaban J connectivity index is 2.05. The standard InChI is InChI=1S/C22H16F3N3O4/c23-22(24,25)14-4-2-1-3-13(14)10-28-15-6-5-12(7-18(31)32)21(27-11-29)20(15)19-16(28)8-26-9-17(19)30/h1-6,8-9,11,30H,7,10H2,(H,27,29)(H,31,32). The molecule has 0 unspecified atom stereocenters. The number of hydrogen-bond acceptors (Lipinski definition) is 4. The molecule has 0 atom stereocenters. The van der Waals surface area contributed by atoms with Gasteiger partial charge in [-0.3, -0.25) is 14.6 Å². The fraction of sp³-hybridized carbons (Fsp3) is 0.136. The first-order valence-corrected chi connectivity index (χ1v) is 9.40. The highest BCUT2D eigenvalue weighted by molar-refractivity contribution is 6.18. The summed E-state index contributed by atoms with van der Waals surface area (Å²) in [6.07, 6.45) is -2.02. The number of benzene rings is 2. The minimum Gasteiger partial charge on any atom is -0.506 e. The molecular formula is C22H16F3N3O4. The molecule has 0 fully saturated rings. The molecule has 0 aliphatic carbocycles. The van der Waals surface area contributed by atoms with Crippen LogP contribution in [-0.2, 0) is 28.7 Å². The monoisotopic (exact) mass is 443 g/mol. The van der Waals surface area contributed by atoms with Crippen LogP contribution in [0.1, 0.15) is 16.7 Å². The Morgan fingerprint density at radius 2 is 1.81 bits per heavy atom. The largest absolute Gasteiger partial charge is 0.506 e. The second-order valence-corrected chi connectivity index (χ2v) is 7.12. The summed E-state index contributed by atoms with van der Waals surface area (Å²) in [6, 6.07) is 8.19. The van der Waals surface area contributed by atoms with Crippen molar-refractivity contribution in [2.75, 3.05) is 5.32 Å². The van der Waals surface area contributed by atoms with Crippen molar-refractivity contribution in [3.05, 3.63) is 65.5 Å². The number of aromatic nitrogens is 2. The fourth-order valence-electron chi connectivity index (χ4n) is 3.95. The molecule has 0 saturated carbocycles. The number of aromatic hydroxyl groups is 1. The van der Waals surface area contributed by atoms with Crippen molar-refractivity contribution in [3.8, 4) is 5.75 Å². The van der Waals surface area contributed by atoms with Gasteiger partial charge in [0.05, 0.1) is 46.5 Å². The van der Waals surface area contributed by atoms with E-state index in [1.165, 1.54) is 36.7 Å². The number of amides is 1. The third-order valence-electron chi connectivity index (χ3n) is 5.20. The minimum atomic E-state index is -4.56. The van der Waals surface area contributed by atoms with E-state index >= 15 is 0 Å². The lowest BCUT2D eigenvalue weighted by atomic mass is 10.0. The van der Waals surface area contributed by atoms with Crippen LogP contribution in [0, 0.1) is 0 Å². The number of carbonyl (C=O) groups excluding carboxylic acids is 1. The zero-order valence-electron chi connectivity index (χ0n) is 16.3. The van der Waals surface area contributed by atoms with E-state index in [0.717, 1.165) is 6.07 Å². The molecule has 2 heterocycles. The van der Waals surface area contributed by atoms with Crippen LogP contribution >= 0.6 is 0 Å². The molecule has 0 aliphatic rings. The van der Waals surface area contributed by atoms with E-state index in [9.17, 15) is 33.0 Å². The predicted octanol–water partition coefficient (Wildman–Crippen LogP) is 4.16. The van der Waals surface area contributed by atoms with Crippen LogP contribution in [0.15, 0.2) is 48.8 Å². The van der Waals surface area contributed by atoms with Crippen LogP contribution in [0.2, 0.25) is 0 Å². The summed E-state index contributed by atoms with van der Waals surface area (Å²) in [5, 5.41) is 22.8. The van der Waals surface area contributed by atoms with Crippen molar-refractivity contribution in [3.63, 3.8) is 0 Å². The molecule has 0 bridgehead atoms. The number of carboxylic acid groups (broad SMARTS) is 1. The summed E-state index contributed by atoms with van der Waals surface area (Å²) in [5.41, 5.74) is 0.382. The highest BCUT2D eigenvalue weighted by atomic mass is 19.4. The molecule has 1 amide bonds. The van der Waals surface area contributed by atoms with Crippen molar-refractivity contribution < 1.29 is 33.0 Å². The van der Waals surface area contributed by atoms with Crippen LogP contribution in [0.5, 0.6) is 5.75 Å². The summed E-state index contributed by atoms with van der Waals surface area (Å²) in [6.45, 7) is -0.195. The van der Waals surface area contributed by atoms with E-state index in [1.54, 1.807) is 10.6 Å². The van der Waals surface area contributed by atoms with Gasteiger partial charge in [-0.1, -0.05) is 24.3 Å². The summed E-state index contributed by atoms with van der Waals surface area (Å²) in [4.78, 5) is 26.5. The number of anilines is 1. The van der Waals surface area contributed by atoms with Crippen molar-refractivity contribution in [2.24, 2.45) is 0 Å². The van der Waals surface area contributed by atoms with Crippen LogP contribution < -0.4 is 5.32 Å². The molecule has 0 aliphatic heterocycles. The molecule has 10 heteroatoms. The Morgan fingerprint density at radius 3 is 2.50 bits per heavy atom. The fourth-order valence-corrected chi connectivity index (χ4v) is 3.95. The predicted molar refractivity (Wildman–Crippen MR) is 110 cm³/mol. The van der Waals surface area contributed by atoms with Crippen molar-refractivity contribution in [1.29, 1.82) is 0 Å². The second kappa shape index (κ2) is 7.88. The van der Waals surface area contributed by atoms with Gasteiger partial charge in [0.25, 0.3) is 0 Å². The van der Waals surface area contributed by atoms with Crippen LogP contribution in [0.3, 0.4) is 0 Å². The summed E-state index contributed by atoms with van der Waals surface area (Å²) < 4.78 is 42.2. The minimum absolute atomic E-state index is 0.00153. The third kappa shape index (κ3) is 3.59. The van der Waals surface area contributed by atoms with Gasteiger partial charge in [0, 0.05) is 11.9 Å². The molecule has 2 aromatic carbocycles. The van der Waals surface area contributed by atoms with E-state index in [-0.39, 0.29) is 34.5 Å². The molecule has 3 N–H and O–H groups in total. The van der Waals surface area contributed by atoms with Gasteiger partial charge in [0.2, 0.25) is 6.41 Å². The summed E-state index contributed by atoms with van der Waals surface area (Å²) >= 11 is 0. The highest BCUT2D eigenvalue weighted by Gasteiger charge is 2.33. The molecular weight excluding hydrogens is 427 g/mol. The Kier molecular flexibility index (Phi) is 5.21. The van der Waals surface area contributed by atoms with Crippen molar-refractivity contribution >= 4 is 39.9 Å². The van der Waals surface area contributed by atoms with Gasteiger partial charge in [0.15, 0.2) is 0 Å². The number of carbonyl (C=O) groups is 2. The average molecular weight is 443 g/mol. The molecule has 0 radical (unpaired) electrons. The zero-order valence-corrected chi connectivity index (χ0v) is 16.3. The zero-order chi connectivity index (χ0) is 23.0. The Labute approximate surface area is 178 Å². The van der Waals surface area contributed by atoms with E-state index in [0.29, 0.717) is 22.8 Å². The van der Waals surface area contributed by atoms with Crippen LogP contribution in [0.4, 0.5) is 18.9 Å². The van der Waals surface area contributed by atoms with E-state index < -0.39 is 24.1 Å². The van der Waals surface area contributed by atoms with Gasteiger partial charge in [0.1, 0.15) is 5.75 Å². The van der Waals surface area contributed by atoms with Gasteiger partial charge in [-0.25, -0.2) is 0 Å². The molecule has 0 spiro atoms. The first-order valence-electron chi connectivity index (χ1n) is 9.40. The number of fused-ring (bicyclic) bond motifs is 3. The van der Waals surface area contributed by atoms with Crippen molar-refractivity contribution in [2.45, 2.75) is 19.1 Å². The number of aliphatic carboxylic acids is 1. The number of halogens is 3. The lowest BCUT2D eigenvalue weighted by Gasteiger charge is -2.15. The van der Waals surface area contributed by atoms with Gasteiger partial charge in [-0.05, 0) is 23.3 Å². The molecule has 4 rings (SSSR count). The first kappa shape index (κ1) is 21.2. The Bertz CT molecular complexity index is 1360. The number of rotatable bonds is 6. The SMILES string of the molecule is O=CNc1c(CC(=O)O)ccc2c1c1c(O)cncc1n2Cc1ccccc1C(F)(F)F. The lowest BCUT2D eigenvalue weighted by molar-refractivity contribution is -0.138. The van der Waals surface area contributed by atoms with Gasteiger partial charge >= 0.3 is 12.1 Å². The highest BCUT2D eigenvalue weighted by Crippen LogP contribution is 2.41. The smallest absolute Gasteiger partial charge is 0.416 e. The normalized spacial score (nSPS) is 11.7. The Hall–Kier alpha value is -4.08. The van der Waals surface area contributed by atoms with E-state index in [2.05, 4.69) is 10.3 Å². The molecule has 4 aromatic rings. The van der Waals surface area contributed by atoms with Gasteiger partial charge in [-0.2, -0.15) is 13.2 Å². The molecule has 164 valence electrons. The second-order valence-electron chi connectivity index (χ2n) is 7.12. The number of carboxylic acids is 1. The summed E-state index contributed by atoms with van der Waals surface area (Å²) in [5.74, 6) is -1.39. The maximum atomic E-state index is 13.5. The van der Waals surface area contributed by atoms with E-state index in [1.807, 2.05) is 0 Å². The van der Waals surface area contributed by atoms with Crippen molar-refractivity contribution in [1.82, 2.24) is 9.55 Å². The summed E-state index contributed by atoms with van der Waals surface area (Å²) in [7, 11) is 0. The van der Waals surface area contributed by atoms with Crippen LogP contribution in [-0.4, -0.2) is 32.1 Å². The molecule has 32 heavy (non-hydrogen) atoms. The topological polar surface area (TPSA) is 104 Å². The molecule has 0 saturated heterocycles. The first-order chi connectivity index (χ1) is 15.2. The quantitative estimate of drug-likeness (QED) is 0.388. The number of pyridine rings is 1. The average Bonchev–Trinajstić information content (AvgIpc) is 3.04. The molecule has 2 aromatic heterocycles. The number of hydrogen-bond donors (Lipinski definition) is 3. The van der Waals surface area contributed by atoms with Gasteiger partial charge < -0.3 is 20.1 Å².